The summed E-state index contributed by atoms with van der Waals surface area (Å²) in [5.74, 6) is -2.35. The molecule has 0 aliphatic rings. The van der Waals surface area contributed by atoms with Crippen molar-refractivity contribution >= 4 is 29.1 Å². The first-order valence-electron chi connectivity index (χ1n) is 6.93. The number of rotatable bonds is 4. The highest BCUT2D eigenvalue weighted by atomic mass is 16.4. The fourth-order valence-corrected chi connectivity index (χ4v) is 2.22. The molecule has 2 N–H and O–H groups in total. The molecule has 0 aliphatic heterocycles. The Bertz CT molecular complexity index is 991. The number of benzene rings is 1. The first kappa shape index (κ1) is 15.3. The lowest BCUT2D eigenvalue weighted by atomic mass is 10.2. The lowest BCUT2D eigenvalue weighted by Gasteiger charge is -2.00. The van der Waals surface area contributed by atoms with Gasteiger partial charge in [0, 0.05) is 6.20 Å². The summed E-state index contributed by atoms with van der Waals surface area (Å²) in [6.07, 6.45) is 1.69. The van der Waals surface area contributed by atoms with Crippen LogP contribution in [0.4, 0.5) is 11.5 Å². The Morgan fingerprint density at radius 3 is 2.50 bits per heavy atom. The van der Waals surface area contributed by atoms with E-state index < -0.39 is 11.9 Å². The molecule has 2 aromatic heterocycles. The van der Waals surface area contributed by atoms with Crippen LogP contribution in [0, 0.1) is 6.92 Å². The van der Waals surface area contributed by atoms with E-state index >= 15 is 0 Å². The number of azo groups is 1. The van der Waals surface area contributed by atoms with Gasteiger partial charge in [-0.1, -0.05) is 18.2 Å². The number of aromatic nitrogens is 2. The van der Waals surface area contributed by atoms with E-state index in [9.17, 15) is 14.7 Å². The Balaban J connectivity index is 2.16. The molecule has 0 fully saturated rings. The monoisotopic (exact) mass is 324 g/mol. The zero-order valence-electron chi connectivity index (χ0n) is 12.5. The Morgan fingerprint density at radius 2 is 1.79 bits per heavy atom. The molecule has 3 aromatic rings. The lowest BCUT2D eigenvalue weighted by Crippen LogP contribution is -1.97. The molecule has 0 spiro atoms. The molecule has 3 rings (SSSR count). The number of hydrogen-bond acceptors (Lipinski definition) is 5. The molecule has 1 aromatic carbocycles. The maximum Gasteiger partial charge on any atom is 0.358 e. The van der Waals surface area contributed by atoms with Gasteiger partial charge in [0.05, 0.1) is 5.56 Å². The van der Waals surface area contributed by atoms with Crippen LogP contribution in [-0.4, -0.2) is 31.5 Å². The minimum atomic E-state index is -1.24. The molecule has 0 radical (unpaired) electrons. The highest BCUT2D eigenvalue weighted by Gasteiger charge is 2.18. The highest BCUT2D eigenvalue weighted by Crippen LogP contribution is 2.26. The standard InChI is InChI=1S/C16H12N4O4/c1-9-6-7-12-17-13(16(23)24)14(20(12)8-9)19-18-11-5-3-2-4-10(11)15(21)22/h2-8H,1H3,(H,21,22)(H,23,24). The van der Waals surface area contributed by atoms with E-state index in [-0.39, 0.29) is 22.8 Å². The van der Waals surface area contributed by atoms with Gasteiger partial charge in [0.1, 0.15) is 11.3 Å². The molecule has 0 bridgehead atoms. The third kappa shape index (κ3) is 2.72. The lowest BCUT2D eigenvalue weighted by molar-refractivity contribution is 0.0683. The van der Waals surface area contributed by atoms with E-state index in [0.29, 0.717) is 5.65 Å². The predicted molar refractivity (Wildman–Crippen MR) is 84.5 cm³/mol. The fraction of sp³-hybridized carbons (Fsp3) is 0.0625. The molecule has 0 saturated heterocycles. The molecule has 0 atom stereocenters. The second kappa shape index (κ2) is 5.92. The molecule has 2 heterocycles. The molecular weight excluding hydrogens is 312 g/mol. The largest absolute Gasteiger partial charge is 0.478 e. The molecule has 120 valence electrons. The zero-order chi connectivity index (χ0) is 17.3. The normalized spacial score (nSPS) is 11.2. The van der Waals surface area contributed by atoms with Crippen LogP contribution < -0.4 is 0 Å². The van der Waals surface area contributed by atoms with E-state index in [2.05, 4.69) is 15.2 Å². The van der Waals surface area contributed by atoms with Gasteiger partial charge in [-0.2, -0.15) is 0 Å². The summed E-state index contributed by atoms with van der Waals surface area (Å²) in [5.41, 5.74) is 1.15. The summed E-state index contributed by atoms with van der Waals surface area (Å²) < 4.78 is 1.51. The second-order valence-corrected chi connectivity index (χ2v) is 5.05. The van der Waals surface area contributed by atoms with Crippen LogP contribution in [0.2, 0.25) is 0 Å². The number of fused-ring (bicyclic) bond motifs is 1. The van der Waals surface area contributed by atoms with E-state index in [1.54, 1.807) is 30.5 Å². The molecular formula is C16H12N4O4. The van der Waals surface area contributed by atoms with Gasteiger partial charge in [0.25, 0.3) is 0 Å². The summed E-state index contributed by atoms with van der Waals surface area (Å²) in [7, 11) is 0. The van der Waals surface area contributed by atoms with Crippen molar-refractivity contribution in [2.75, 3.05) is 0 Å². The van der Waals surface area contributed by atoms with Crippen molar-refractivity contribution < 1.29 is 19.8 Å². The van der Waals surface area contributed by atoms with Gasteiger partial charge in [0.15, 0.2) is 11.5 Å². The van der Waals surface area contributed by atoms with Crippen molar-refractivity contribution in [3.63, 3.8) is 0 Å². The highest BCUT2D eigenvalue weighted by molar-refractivity contribution is 5.93. The van der Waals surface area contributed by atoms with Crippen molar-refractivity contribution in [1.29, 1.82) is 0 Å². The fourth-order valence-electron chi connectivity index (χ4n) is 2.22. The molecule has 8 heteroatoms. The van der Waals surface area contributed by atoms with Crippen molar-refractivity contribution in [2.45, 2.75) is 6.92 Å². The predicted octanol–water partition coefficient (Wildman–Crippen LogP) is 3.45. The number of imidazole rings is 1. The van der Waals surface area contributed by atoms with Crippen LogP contribution in [0.25, 0.3) is 5.65 Å². The summed E-state index contributed by atoms with van der Waals surface area (Å²) in [5, 5.41) is 26.3. The van der Waals surface area contributed by atoms with Crippen molar-refractivity contribution in [2.24, 2.45) is 10.2 Å². The second-order valence-electron chi connectivity index (χ2n) is 5.05. The number of carbonyl (C=O) groups is 2. The summed E-state index contributed by atoms with van der Waals surface area (Å²) in [6, 6.07) is 9.55. The quantitative estimate of drug-likeness (QED) is 0.713. The SMILES string of the molecule is Cc1ccc2nc(C(=O)O)c(N=Nc3ccccc3C(=O)O)n2c1. The van der Waals surface area contributed by atoms with Crippen molar-refractivity contribution in [3.8, 4) is 0 Å². The topological polar surface area (TPSA) is 117 Å². The Kier molecular flexibility index (Phi) is 3.78. The van der Waals surface area contributed by atoms with E-state index in [1.165, 1.54) is 16.5 Å². The Morgan fingerprint density at radius 1 is 1.04 bits per heavy atom. The third-order valence-electron chi connectivity index (χ3n) is 3.33. The van der Waals surface area contributed by atoms with Crippen molar-refractivity contribution in [1.82, 2.24) is 9.38 Å². The molecule has 0 saturated carbocycles. The molecule has 0 amide bonds. The van der Waals surface area contributed by atoms with Crippen LogP contribution in [0.5, 0.6) is 0 Å². The summed E-state index contributed by atoms with van der Waals surface area (Å²) >= 11 is 0. The number of aryl methyl sites for hydroxylation is 1. The average molecular weight is 324 g/mol. The molecule has 0 unspecified atom stereocenters. The summed E-state index contributed by atoms with van der Waals surface area (Å²) in [6.45, 7) is 1.85. The van der Waals surface area contributed by atoms with Gasteiger partial charge >= 0.3 is 11.9 Å². The van der Waals surface area contributed by atoms with Gasteiger partial charge in [0.2, 0.25) is 0 Å². The minimum Gasteiger partial charge on any atom is -0.478 e. The number of carboxylic acids is 2. The smallest absolute Gasteiger partial charge is 0.358 e. The van der Waals surface area contributed by atoms with E-state index in [0.717, 1.165) is 5.56 Å². The van der Waals surface area contributed by atoms with Gasteiger partial charge in [-0.3, -0.25) is 4.40 Å². The van der Waals surface area contributed by atoms with E-state index in [4.69, 9.17) is 5.11 Å². The van der Waals surface area contributed by atoms with Crippen LogP contribution in [0.1, 0.15) is 26.4 Å². The Hall–Kier alpha value is -3.55. The first-order chi connectivity index (χ1) is 11.5. The third-order valence-corrected chi connectivity index (χ3v) is 3.33. The van der Waals surface area contributed by atoms with Gasteiger partial charge < -0.3 is 10.2 Å². The number of hydrogen-bond donors (Lipinski definition) is 2. The minimum absolute atomic E-state index is 0.0249. The maximum absolute atomic E-state index is 11.4. The van der Waals surface area contributed by atoms with E-state index in [1.807, 2.05) is 6.92 Å². The number of nitrogens with zero attached hydrogens (tertiary/aromatic N) is 4. The van der Waals surface area contributed by atoms with Crippen LogP contribution in [0.3, 0.4) is 0 Å². The summed E-state index contributed by atoms with van der Waals surface area (Å²) in [4.78, 5) is 26.6. The zero-order valence-corrected chi connectivity index (χ0v) is 12.5. The van der Waals surface area contributed by atoms with Crippen LogP contribution >= 0.6 is 0 Å². The van der Waals surface area contributed by atoms with Gasteiger partial charge in [-0.25, -0.2) is 14.6 Å². The van der Waals surface area contributed by atoms with Gasteiger partial charge in [-0.05, 0) is 30.7 Å². The number of carboxylic acid groups (broad SMARTS) is 2. The van der Waals surface area contributed by atoms with Crippen molar-refractivity contribution in [3.05, 3.63) is 59.4 Å². The average Bonchev–Trinajstić information content (AvgIpc) is 2.91. The number of pyridine rings is 1. The Labute approximate surface area is 135 Å². The molecule has 24 heavy (non-hydrogen) atoms. The van der Waals surface area contributed by atoms with Crippen LogP contribution in [-0.2, 0) is 0 Å². The maximum atomic E-state index is 11.4. The molecule has 8 nitrogen and oxygen atoms in total. The molecule has 0 aliphatic carbocycles. The number of aromatic carboxylic acids is 2. The van der Waals surface area contributed by atoms with Gasteiger partial charge in [-0.15, -0.1) is 10.2 Å². The first-order valence-corrected chi connectivity index (χ1v) is 6.93. The van der Waals surface area contributed by atoms with Crippen LogP contribution in [0.15, 0.2) is 52.8 Å².